The molecule has 0 saturated carbocycles. The monoisotopic (exact) mass is 314 g/mol. The van der Waals surface area contributed by atoms with Crippen LogP contribution in [0.15, 0.2) is 53.2 Å². The van der Waals surface area contributed by atoms with Crippen molar-refractivity contribution in [2.75, 3.05) is 12.4 Å². The lowest BCUT2D eigenvalue weighted by atomic mass is 10.3. The second kappa shape index (κ2) is 6.40. The fraction of sp³-hybridized carbons (Fsp3) is 0.133. The molecule has 2 aromatic heterocycles. The zero-order valence-corrected chi connectivity index (χ0v) is 12.7. The Bertz CT molecular complexity index is 796. The lowest BCUT2D eigenvalue weighted by Crippen LogP contribution is -2.09. The maximum absolute atomic E-state index is 5.50. The molecule has 0 radical (unpaired) electrons. The molecule has 112 valence electrons. The summed E-state index contributed by atoms with van der Waals surface area (Å²) in [6.45, 7) is 0.416. The van der Waals surface area contributed by atoms with Crippen LogP contribution in [0.5, 0.6) is 5.75 Å². The van der Waals surface area contributed by atoms with Crippen LogP contribution in [0.3, 0.4) is 0 Å². The van der Waals surface area contributed by atoms with Gasteiger partial charge in [0.15, 0.2) is 0 Å². The molecule has 0 aliphatic rings. The minimum atomic E-state index is 0.313. The molecule has 0 amide bonds. The molecular weight excluding hydrogens is 300 g/mol. The normalized spacial score (nSPS) is 10.4. The van der Waals surface area contributed by atoms with E-state index in [0.717, 1.165) is 17.0 Å². The Balaban J connectivity index is 1.73. The summed E-state index contributed by atoms with van der Waals surface area (Å²) >= 11 is 5.19. The van der Waals surface area contributed by atoms with Gasteiger partial charge in [-0.3, -0.25) is 4.98 Å². The number of ether oxygens (including phenoxy) is 1. The molecule has 3 aromatic rings. The van der Waals surface area contributed by atoms with Gasteiger partial charge >= 0.3 is 0 Å². The lowest BCUT2D eigenvalue weighted by molar-refractivity contribution is 0.415. The van der Waals surface area contributed by atoms with Gasteiger partial charge in [-0.05, 0) is 48.6 Å². The van der Waals surface area contributed by atoms with Crippen molar-refractivity contribution in [2.45, 2.75) is 6.67 Å². The molecule has 0 unspecified atom stereocenters. The third-order valence-electron chi connectivity index (χ3n) is 3.06. The Labute approximate surface area is 132 Å². The van der Waals surface area contributed by atoms with Gasteiger partial charge in [-0.15, -0.1) is 5.10 Å². The highest BCUT2D eigenvalue weighted by Gasteiger charge is 2.07. The first-order chi connectivity index (χ1) is 10.8. The second-order valence-electron chi connectivity index (χ2n) is 4.47. The van der Waals surface area contributed by atoms with E-state index in [-0.39, 0.29) is 0 Å². The second-order valence-corrected chi connectivity index (χ2v) is 4.82. The SMILES string of the molecule is COc1ccc(NCn2nc(-c3ccncc3)oc2=S)cc1. The van der Waals surface area contributed by atoms with Crippen LogP contribution in [-0.2, 0) is 6.67 Å². The number of pyridine rings is 1. The first-order valence-corrected chi connectivity index (χ1v) is 7.03. The summed E-state index contributed by atoms with van der Waals surface area (Å²) < 4.78 is 12.2. The molecule has 0 saturated heterocycles. The molecular formula is C15H14N4O2S. The number of anilines is 1. The van der Waals surface area contributed by atoms with E-state index in [1.807, 2.05) is 36.4 Å². The first kappa shape index (κ1) is 14.3. The van der Waals surface area contributed by atoms with Crippen LogP contribution in [0.25, 0.3) is 11.5 Å². The highest BCUT2D eigenvalue weighted by Crippen LogP contribution is 2.17. The van der Waals surface area contributed by atoms with Gasteiger partial charge in [0, 0.05) is 23.6 Å². The van der Waals surface area contributed by atoms with Gasteiger partial charge in [-0.1, -0.05) is 0 Å². The number of aromatic nitrogens is 3. The van der Waals surface area contributed by atoms with Crippen molar-refractivity contribution in [2.24, 2.45) is 0 Å². The number of hydrogen-bond donors (Lipinski definition) is 1. The molecule has 0 bridgehead atoms. The summed E-state index contributed by atoms with van der Waals surface area (Å²) in [5.41, 5.74) is 1.78. The van der Waals surface area contributed by atoms with Crippen molar-refractivity contribution in [3.8, 4) is 17.2 Å². The average molecular weight is 314 g/mol. The largest absolute Gasteiger partial charge is 0.497 e. The Kier molecular flexibility index (Phi) is 4.15. The van der Waals surface area contributed by atoms with Crippen molar-refractivity contribution in [1.82, 2.24) is 14.8 Å². The third-order valence-corrected chi connectivity index (χ3v) is 3.35. The highest BCUT2D eigenvalue weighted by molar-refractivity contribution is 7.71. The molecule has 2 heterocycles. The Morgan fingerprint density at radius 3 is 2.59 bits per heavy atom. The predicted octanol–water partition coefficient (Wildman–Crippen LogP) is 3.35. The lowest BCUT2D eigenvalue weighted by Gasteiger charge is -2.06. The van der Waals surface area contributed by atoms with Gasteiger partial charge in [-0.25, -0.2) is 4.68 Å². The smallest absolute Gasteiger partial charge is 0.289 e. The van der Waals surface area contributed by atoms with Crippen LogP contribution in [0, 0.1) is 4.84 Å². The molecule has 7 heteroatoms. The average Bonchev–Trinajstić information content (AvgIpc) is 2.95. The fourth-order valence-corrected chi connectivity index (χ4v) is 2.08. The van der Waals surface area contributed by atoms with E-state index in [0.29, 0.717) is 17.4 Å². The number of rotatable bonds is 5. The number of hydrogen-bond acceptors (Lipinski definition) is 6. The van der Waals surface area contributed by atoms with Crippen molar-refractivity contribution < 1.29 is 9.15 Å². The summed E-state index contributed by atoms with van der Waals surface area (Å²) in [5, 5.41) is 7.58. The van der Waals surface area contributed by atoms with Crippen LogP contribution in [-0.4, -0.2) is 21.9 Å². The van der Waals surface area contributed by atoms with Gasteiger partial charge in [0.2, 0.25) is 5.89 Å². The maximum Gasteiger partial charge on any atom is 0.289 e. The summed E-state index contributed by atoms with van der Waals surface area (Å²) in [6.07, 6.45) is 3.37. The quantitative estimate of drug-likeness (QED) is 0.729. The fourth-order valence-electron chi connectivity index (χ4n) is 1.89. The van der Waals surface area contributed by atoms with Crippen molar-refractivity contribution in [1.29, 1.82) is 0 Å². The zero-order chi connectivity index (χ0) is 15.4. The summed E-state index contributed by atoms with van der Waals surface area (Å²) in [5.74, 6) is 1.28. The standard InChI is InChI=1S/C15H14N4O2S/c1-20-13-4-2-12(3-5-13)17-10-19-15(22)21-14(18-19)11-6-8-16-9-7-11/h2-9,17H,10H2,1H3. The van der Waals surface area contributed by atoms with Crippen molar-refractivity contribution in [3.63, 3.8) is 0 Å². The summed E-state index contributed by atoms with van der Waals surface area (Å²) in [4.78, 5) is 4.28. The molecule has 0 aliphatic heterocycles. The maximum atomic E-state index is 5.50. The minimum absolute atomic E-state index is 0.313. The summed E-state index contributed by atoms with van der Waals surface area (Å²) in [6, 6.07) is 11.3. The molecule has 0 atom stereocenters. The van der Waals surface area contributed by atoms with Crippen molar-refractivity contribution in [3.05, 3.63) is 53.6 Å². The van der Waals surface area contributed by atoms with E-state index in [2.05, 4.69) is 15.4 Å². The van der Waals surface area contributed by atoms with Crippen LogP contribution >= 0.6 is 12.2 Å². The van der Waals surface area contributed by atoms with Gasteiger partial charge in [0.05, 0.1) is 7.11 Å². The number of nitrogens with one attached hydrogen (secondary N) is 1. The molecule has 0 fully saturated rings. The van der Waals surface area contributed by atoms with Gasteiger partial charge in [0.25, 0.3) is 4.84 Å². The van der Waals surface area contributed by atoms with E-state index >= 15 is 0 Å². The van der Waals surface area contributed by atoms with E-state index in [1.165, 1.54) is 0 Å². The van der Waals surface area contributed by atoms with E-state index < -0.39 is 0 Å². The van der Waals surface area contributed by atoms with Crippen LogP contribution in [0.1, 0.15) is 0 Å². The van der Waals surface area contributed by atoms with Crippen LogP contribution in [0.4, 0.5) is 5.69 Å². The van der Waals surface area contributed by atoms with E-state index in [1.54, 1.807) is 24.2 Å². The molecule has 3 rings (SSSR count). The number of methoxy groups -OCH3 is 1. The van der Waals surface area contributed by atoms with Crippen molar-refractivity contribution >= 4 is 17.9 Å². The third kappa shape index (κ3) is 3.15. The topological polar surface area (TPSA) is 65.1 Å². The van der Waals surface area contributed by atoms with Gasteiger partial charge in [-0.2, -0.15) is 0 Å². The van der Waals surface area contributed by atoms with E-state index in [9.17, 15) is 0 Å². The Morgan fingerprint density at radius 2 is 1.91 bits per heavy atom. The van der Waals surface area contributed by atoms with Gasteiger partial charge in [0.1, 0.15) is 12.4 Å². The predicted molar refractivity (Wildman–Crippen MR) is 85.2 cm³/mol. The minimum Gasteiger partial charge on any atom is -0.497 e. The highest BCUT2D eigenvalue weighted by atomic mass is 32.1. The van der Waals surface area contributed by atoms with Gasteiger partial charge < -0.3 is 14.5 Å². The molecule has 1 aromatic carbocycles. The molecule has 6 nitrogen and oxygen atoms in total. The summed E-state index contributed by atoms with van der Waals surface area (Å²) in [7, 11) is 1.64. The first-order valence-electron chi connectivity index (χ1n) is 6.62. The Morgan fingerprint density at radius 1 is 1.18 bits per heavy atom. The zero-order valence-electron chi connectivity index (χ0n) is 11.9. The number of benzene rings is 1. The molecule has 0 spiro atoms. The van der Waals surface area contributed by atoms with E-state index in [4.69, 9.17) is 21.4 Å². The Hall–Kier alpha value is -2.67. The molecule has 0 aliphatic carbocycles. The molecule has 1 N–H and O–H groups in total. The van der Waals surface area contributed by atoms with Crippen LogP contribution in [0.2, 0.25) is 0 Å². The molecule has 22 heavy (non-hydrogen) atoms. The van der Waals surface area contributed by atoms with Crippen LogP contribution < -0.4 is 10.1 Å². The number of nitrogens with zero attached hydrogens (tertiary/aromatic N) is 3.